The Morgan fingerprint density at radius 1 is 1.22 bits per heavy atom. The summed E-state index contributed by atoms with van der Waals surface area (Å²) in [5, 5.41) is 5.77. The molecule has 2 aliphatic heterocycles. The van der Waals surface area contributed by atoms with Gasteiger partial charge in [-0.25, -0.2) is 0 Å². The summed E-state index contributed by atoms with van der Waals surface area (Å²) in [5.41, 5.74) is 6.34. The van der Waals surface area contributed by atoms with Gasteiger partial charge in [0, 0.05) is 26.6 Å². The molecule has 2 unspecified atom stereocenters. The van der Waals surface area contributed by atoms with Gasteiger partial charge in [-0.05, 0) is 31.9 Å². The maximum absolute atomic E-state index is 12.9. The van der Waals surface area contributed by atoms with Gasteiger partial charge < -0.3 is 20.3 Å². The number of piperidine rings is 1. The van der Waals surface area contributed by atoms with Gasteiger partial charge >= 0.3 is 5.97 Å². The van der Waals surface area contributed by atoms with E-state index < -0.39 is 17.9 Å². The standard InChI is InChI=1S/C22H29N5O5/c1-3-32-22(31)15-8-7-11-26(13-15)19(28)14-25(2)21(30)17-12-18(20(23)29)27(24-17)16-9-5-4-6-10-16/h4-6,9-10,15,18H,3,7-8,11-14H2,1-2H3,(H2,23,29). The summed E-state index contributed by atoms with van der Waals surface area (Å²) in [6.45, 7) is 2.71. The first-order valence-corrected chi connectivity index (χ1v) is 10.7. The number of hydrazone groups is 1. The van der Waals surface area contributed by atoms with Crippen molar-refractivity contribution in [2.75, 3.05) is 38.3 Å². The third-order valence-corrected chi connectivity index (χ3v) is 5.62. The fraction of sp³-hybridized carbons (Fsp3) is 0.500. The van der Waals surface area contributed by atoms with Gasteiger partial charge in [-0.15, -0.1) is 0 Å². The van der Waals surface area contributed by atoms with Crippen molar-refractivity contribution in [2.24, 2.45) is 16.8 Å². The van der Waals surface area contributed by atoms with Crippen molar-refractivity contribution in [2.45, 2.75) is 32.2 Å². The molecule has 3 amide bonds. The molecule has 1 saturated heterocycles. The minimum atomic E-state index is -0.770. The molecular formula is C22H29N5O5. The summed E-state index contributed by atoms with van der Waals surface area (Å²) in [6.07, 6.45) is 1.44. The maximum Gasteiger partial charge on any atom is 0.310 e. The van der Waals surface area contributed by atoms with Crippen molar-refractivity contribution in [1.82, 2.24) is 9.80 Å². The Labute approximate surface area is 187 Å². The van der Waals surface area contributed by atoms with E-state index in [0.717, 1.165) is 0 Å². The van der Waals surface area contributed by atoms with Crippen LogP contribution < -0.4 is 10.7 Å². The van der Waals surface area contributed by atoms with Gasteiger partial charge in [0.15, 0.2) is 0 Å². The van der Waals surface area contributed by atoms with Crippen LogP contribution in [0, 0.1) is 5.92 Å². The van der Waals surface area contributed by atoms with E-state index in [1.807, 2.05) is 6.07 Å². The van der Waals surface area contributed by atoms with E-state index in [9.17, 15) is 19.2 Å². The fourth-order valence-corrected chi connectivity index (χ4v) is 3.93. The molecule has 0 aromatic heterocycles. The van der Waals surface area contributed by atoms with Gasteiger partial charge in [0.1, 0.15) is 11.8 Å². The van der Waals surface area contributed by atoms with Crippen LogP contribution in [-0.4, -0.2) is 78.5 Å². The Morgan fingerprint density at radius 2 is 1.94 bits per heavy atom. The molecule has 1 aromatic carbocycles. The Kier molecular flexibility index (Phi) is 7.45. The molecule has 1 aromatic rings. The Balaban J connectivity index is 1.64. The van der Waals surface area contributed by atoms with Crippen LogP contribution in [0.1, 0.15) is 26.2 Å². The number of ether oxygens (including phenoxy) is 1. The third-order valence-electron chi connectivity index (χ3n) is 5.62. The molecule has 32 heavy (non-hydrogen) atoms. The quantitative estimate of drug-likeness (QED) is 0.607. The predicted octanol–water partition coefficient (Wildman–Crippen LogP) is 0.367. The highest BCUT2D eigenvalue weighted by molar-refractivity contribution is 6.40. The average Bonchev–Trinajstić information content (AvgIpc) is 3.25. The molecule has 2 heterocycles. The number of likely N-dealkylation sites (tertiary alicyclic amines) is 1. The van der Waals surface area contributed by atoms with Gasteiger partial charge in [0.25, 0.3) is 5.91 Å². The average molecular weight is 444 g/mol. The number of nitrogens with zero attached hydrogens (tertiary/aromatic N) is 4. The van der Waals surface area contributed by atoms with Crippen LogP contribution in [0.3, 0.4) is 0 Å². The highest BCUT2D eigenvalue weighted by Crippen LogP contribution is 2.25. The van der Waals surface area contributed by atoms with Gasteiger partial charge in [0.2, 0.25) is 11.8 Å². The summed E-state index contributed by atoms with van der Waals surface area (Å²) < 4.78 is 5.07. The van der Waals surface area contributed by atoms with E-state index in [-0.39, 0.29) is 43.0 Å². The lowest BCUT2D eigenvalue weighted by molar-refractivity contribution is -0.151. The molecule has 172 valence electrons. The molecule has 2 atom stereocenters. The summed E-state index contributed by atoms with van der Waals surface area (Å²) in [7, 11) is 1.51. The zero-order chi connectivity index (χ0) is 23.3. The molecule has 0 bridgehead atoms. The van der Waals surface area contributed by atoms with Gasteiger partial charge in [-0.3, -0.25) is 24.2 Å². The fourth-order valence-electron chi connectivity index (χ4n) is 3.93. The number of anilines is 1. The summed E-state index contributed by atoms with van der Waals surface area (Å²) in [6, 6.07) is 8.21. The minimum absolute atomic E-state index is 0.0657. The van der Waals surface area contributed by atoms with Crippen molar-refractivity contribution in [3.05, 3.63) is 30.3 Å². The normalized spacial score (nSPS) is 20.5. The molecule has 2 N–H and O–H groups in total. The molecule has 3 rings (SSSR count). The molecule has 0 aliphatic carbocycles. The first kappa shape index (κ1) is 23.2. The first-order valence-electron chi connectivity index (χ1n) is 10.7. The smallest absolute Gasteiger partial charge is 0.310 e. The van der Waals surface area contributed by atoms with Crippen LogP contribution in [0.15, 0.2) is 35.4 Å². The zero-order valence-electron chi connectivity index (χ0n) is 18.4. The lowest BCUT2D eigenvalue weighted by Gasteiger charge is -2.32. The molecule has 0 radical (unpaired) electrons. The second-order valence-corrected chi connectivity index (χ2v) is 7.94. The second-order valence-electron chi connectivity index (χ2n) is 7.94. The van der Waals surface area contributed by atoms with Crippen LogP contribution in [0.5, 0.6) is 0 Å². The first-order chi connectivity index (χ1) is 15.3. The van der Waals surface area contributed by atoms with Gasteiger partial charge in [0.05, 0.1) is 24.8 Å². The number of likely N-dealkylation sites (N-methyl/N-ethyl adjacent to an activating group) is 1. The number of primary amides is 1. The van der Waals surface area contributed by atoms with Crippen molar-refractivity contribution < 1.29 is 23.9 Å². The summed E-state index contributed by atoms with van der Waals surface area (Å²) in [4.78, 5) is 52.5. The Morgan fingerprint density at radius 3 is 2.59 bits per heavy atom. The van der Waals surface area contributed by atoms with E-state index in [2.05, 4.69) is 5.10 Å². The number of nitrogens with two attached hydrogens (primary N) is 1. The zero-order valence-corrected chi connectivity index (χ0v) is 18.4. The second kappa shape index (κ2) is 10.3. The Bertz CT molecular complexity index is 903. The monoisotopic (exact) mass is 443 g/mol. The van der Waals surface area contributed by atoms with Gasteiger partial charge in [-0.1, -0.05) is 18.2 Å². The number of carbonyl (C=O) groups is 4. The SMILES string of the molecule is CCOC(=O)C1CCCN(C(=O)CN(C)C(=O)C2=NN(c3ccccc3)C(C(N)=O)C2)C1. The molecule has 10 nitrogen and oxygen atoms in total. The number of amides is 3. The van der Waals surface area contributed by atoms with Crippen LogP contribution >= 0.6 is 0 Å². The highest BCUT2D eigenvalue weighted by Gasteiger charge is 2.37. The largest absolute Gasteiger partial charge is 0.466 e. The van der Waals surface area contributed by atoms with E-state index >= 15 is 0 Å². The van der Waals surface area contributed by atoms with E-state index in [0.29, 0.717) is 31.7 Å². The van der Waals surface area contributed by atoms with Crippen LogP contribution in [0.25, 0.3) is 0 Å². The van der Waals surface area contributed by atoms with E-state index in [4.69, 9.17) is 10.5 Å². The van der Waals surface area contributed by atoms with Gasteiger partial charge in [-0.2, -0.15) is 5.10 Å². The molecule has 0 spiro atoms. The Hall–Kier alpha value is -3.43. The number of esters is 1. The lowest BCUT2D eigenvalue weighted by atomic mass is 9.98. The molecule has 0 saturated carbocycles. The third kappa shape index (κ3) is 5.24. The van der Waals surface area contributed by atoms with Crippen molar-refractivity contribution in [3.8, 4) is 0 Å². The van der Waals surface area contributed by atoms with E-state index in [1.54, 1.807) is 36.1 Å². The highest BCUT2D eigenvalue weighted by atomic mass is 16.5. The topological polar surface area (TPSA) is 126 Å². The number of rotatable bonds is 7. The molecule has 1 fully saturated rings. The molecule has 10 heteroatoms. The molecule has 2 aliphatic rings. The van der Waals surface area contributed by atoms with E-state index in [1.165, 1.54) is 17.0 Å². The van der Waals surface area contributed by atoms with Crippen LogP contribution in [0.2, 0.25) is 0 Å². The van der Waals surface area contributed by atoms with Crippen molar-refractivity contribution in [3.63, 3.8) is 0 Å². The number of carbonyl (C=O) groups excluding carboxylic acids is 4. The summed E-state index contributed by atoms with van der Waals surface area (Å²) in [5.74, 6) is -1.92. The minimum Gasteiger partial charge on any atom is -0.466 e. The predicted molar refractivity (Wildman–Crippen MR) is 118 cm³/mol. The van der Waals surface area contributed by atoms with Crippen molar-refractivity contribution in [1.29, 1.82) is 0 Å². The van der Waals surface area contributed by atoms with Crippen molar-refractivity contribution >= 4 is 35.1 Å². The van der Waals surface area contributed by atoms with Crippen LogP contribution in [-0.2, 0) is 23.9 Å². The van der Waals surface area contributed by atoms with Crippen LogP contribution in [0.4, 0.5) is 5.69 Å². The maximum atomic E-state index is 12.9. The molecular weight excluding hydrogens is 414 g/mol. The number of hydrogen-bond acceptors (Lipinski definition) is 7. The summed E-state index contributed by atoms with van der Waals surface area (Å²) >= 11 is 0. The lowest BCUT2D eigenvalue weighted by Crippen LogP contribution is -2.48. The number of para-hydroxylation sites is 1. The number of hydrogen-bond donors (Lipinski definition) is 1. The number of benzene rings is 1.